The van der Waals surface area contributed by atoms with Crippen LogP contribution in [0.25, 0.3) is 0 Å². The molecule has 4 aromatic rings. The molecular formula is C28H22F2O5. The van der Waals surface area contributed by atoms with Crippen molar-refractivity contribution in [3.8, 4) is 17.2 Å². The number of benzene rings is 4. The first kappa shape index (κ1) is 23.8. The van der Waals surface area contributed by atoms with Crippen LogP contribution in [0.2, 0.25) is 0 Å². The Labute approximate surface area is 201 Å². The number of carboxylic acid groups (broad SMARTS) is 1. The molecule has 0 atom stereocenters. The number of ether oxygens (including phenoxy) is 3. The fourth-order valence-electron chi connectivity index (χ4n) is 3.41. The van der Waals surface area contributed by atoms with Crippen molar-refractivity contribution in [3.05, 3.63) is 125 Å². The highest BCUT2D eigenvalue weighted by Crippen LogP contribution is 2.42. The van der Waals surface area contributed by atoms with Crippen LogP contribution in [0, 0.1) is 11.6 Å². The van der Waals surface area contributed by atoms with Gasteiger partial charge in [0.1, 0.15) is 25.4 Å². The molecule has 0 saturated carbocycles. The molecule has 178 valence electrons. The van der Waals surface area contributed by atoms with E-state index in [2.05, 4.69) is 0 Å². The maximum absolute atomic E-state index is 15.5. The van der Waals surface area contributed by atoms with E-state index >= 15 is 8.78 Å². The Morgan fingerprint density at radius 3 is 1.20 bits per heavy atom. The smallest absolute Gasteiger partial charge is 0.343 e. The molecule has 0 amide bonds. The van der Waals surface area contributed by atoms with Gasteiger partial charge in [0.05, 0.1) is 0 Å². The zero-order chi connectivity index (χ0) is 24.6. The van der Waals surface area contributed by atoms with Crippen LogP contribution in [0.3, 0.4) is 0 Å². The molecule has 0 saturated heterocycles. The van der Waals surface area contributed by atoms with Crippen LogP contribution in [-0.4, -0.2) is 11.1 Å². The largest absolute Gasteiger partial charge is 0.485 e. The molecule has 4 rings (SSSR count). The Balaban J connectivity index is 1.74. The molecule has 7 heteroatoms. The van der Waals surface area contributed by atoms with Crippen molar-refractivity contribution in [2.75, 3.05) is 0 Å². The van der Waals surface area contributed by atoms with Gasteiger partial charge in [-0.05, 0) is 16.7 Å². The summed E-state index contributed by atoms with van der Waals surface area (Å²) in [7, 11) is 0. The molecule has 35 heavy (non-hydrogen) atoms. The van der Waals surface area contributed by atoms with Crippen LogP contribution in [0.4, 0.5) is 8.78 Å². The number of rotatable bonds is 10. The van der Waals surface area contributed by atoms with Gasteiger partial charge in [0.15, 0.2) is 17.2 Å². The van der Waals surface area contributed by atoms with Crippen LogP contribution in [-0.2, 0) is 19.8 Å². The minimum absolute atomic E-state index is 0.139. The molecule has 1 N–H and O–H groups in total. The molecule has 4 aromatic carbocycles. The second-order valence-electron chi connectivity index (χ2n) is 7.62. The van der Waals surface area contributed by atoms with Crippen molar-refractivity contribution in [1.29, 1.82) is 0 Å². The van der Waals surface area contributed by atoms with E-state index in [1.807, 2.05) is 0 Å². The average Bonchev–Trinajstić information content (AvgIpc) is 2.89. The third kappa shape index (κ3) is 5.76. The summed E-state index contributed by atoms with van der Waals surface area (Å²) in [4.78, 5) is 12.1. The average molecular weight is 476 g/mol. The summed E-state index contributed by atoms with van der Waals surface area (Å²) in [5.74, 6) is -6.19. The lowest BCUT2D eigenvalue weighted by Crippen LogP contribution is -2.13. The van der Waals surface area contributed by atoms with E-state index in [1.165, 1.54) is 0 Å². The molecule has 0 aromatic heterocycles. The topological polar surface area (TPSA) is 65.0 Å². The molecule has 0 fully saturated rings. The van der Waals surface area contributed by atoms with Gasteiger partial charge in [0, 0.05) is 0 Å². The van der Waals surface area contributed by atoms with Crippen LogP contribution in [0.15, 0.2) is 91.0 Å². The Hall–Kier alpha value is -4.39. The lowest BCUT2D eigenvalue weighted by molar-refractivity contribution is 0.0682. The summed E-state index contributed by atoms with van der Waals surface area (Å²) in [6.07, 6.45) is 0. The standard InChI is InChI=1S/C28H22F2O5/c29-23-25(33-16-19-10-4-1-5-11-19)22(28(31)32)26(34-17-20-12-6-2-7-13-20)24(30)27(23)35-18-21-14-8-3-9-15-21/h1-15H,16-18H2,(H,31,32). The minimum atomic E-state index is -1.59. The molecule has 0 heterocycles. The molecular weight excluding hydrogens is 454 g/mol. The van der Waals surface area contributed by atoms with Gasteiger partial charge in [-0.2, -0.15) is 8.78 Å². The van der Waals surface area contributed by atoms with E-state index in [0.29, 0.717) is 16.7 Å². The molecule has 0 bridgehead atoms. The predicted molar refractivity (Wildman–Crippen MR) is 126 cm³/mol. The maximum Gasteiger partial charge on any atom is 0.343 e. The Morgan fingerprint density at radius 2 is 0.886 bits per heavy atom. The number of carbonyl (C=O) groups is 1. The van der Waals surface area contributed by atoms with Crippen molar-refractivity contribution in [3.63, 3.8) is 0 Å². The summed E-state index contributed by atoms with van der Waals surface area (Å²) in [6.45, 7) is -0.419. The van der Waals surface area contributed by atoms with Gasteiger partial charge in [0.2, 0.25) is 11.6 Å². The summed E-state index contributed by atoms with van der Waals surface area (Å²) in [5, 5.41) is 9.85. The van der Waals surface area contributed by atoms with E-state index in [9.17, 15) is 9.90 Å². The van der Waals surface area contributed by atoms with Crippen LogP contribution in [0.5, 0.6) is 17.2 Å². The molecule has 0 unspecified atom stereocenters. The van der Waals surface area contributed by atoms with Gasteiger partial charge in [-0.3, -0.25) is 0 Å². The highest BCUT2D eigenvalue weighted by molar-refractivity contribution is 5.95. The van der Waals surface area contributed by atoms with E-state index in [4.69, 9.17) is 14.2 Å². The molecule has 0 radical (unpaired) electrons. The first-order valence-corrected chi connectivity index (χ1v) is 10.8. The third-order valence-electron chi connectivity index (χ3n) is 5.14. The Bertz CT molecular complexity index is 1210. The van der Waals surface area contributed by atoms with Gasteiger partial charge in [0.25, 0.3) is 0 Å². The second kappa shape index (κ2) is 11.2. The number of hydrogen-bond acceptors (Lipinski definition) is 4. The highest BCUT2D eigenvalue weighted by atomic mass is 19.1. The fourth-order valence-corrected chi connectivity index (χ4v) is 3.41. The number of hydrogen-bond donors (Lipinski definition) is 1. The fraction of sp³-hybridized carbons (Fsp3) is 0.107. The first-order chi connectivity index (χ1) is 17.0. The van der Waals surface area contributed by atoms with Crippen molar-refractivity contribution >= 4 is 5.97 Å². The summed E-state index contributed by atoms with van der Waals surface area (Å²) in [5.41, 5.74) is 1.27. The van der Waals surface area contributed by atoms with Crippen LogP contribution < -0.4 is 14.2 Å². The van der Waals surface area contributed by atoms with Gasteiger partial charge in [-0.25, -0.2) is 4.79 Å². The second-order valence-corrected chi connectivity index (χ2v) is 7.62. The number of halogens is 2. The van der Waals surface area contributed by atoms with Gasteiger partial charge in [-0.1, -0.05) is 91.0 Å². The maximum atomic E-state index is 15.5. The normalized spacial score (nSPS) is 10.6. The lowest BCUT2D eigenvalue weighted by Gasteiger charge is -2.19. The highest BCUT2D eigenvalue weighted by Gasteiger charge is 2.32. The Morgan fingerprint density at radius 1 is 0.571 bits per heavy atom. The quantitative estimate of drug-likeness (QED) is 0.287. The van der Waals surface area contributed by atoms with E-state index in [-0.39, 0.29) is 19.8 Å². The third-order valence-corrected chi connectivity index (χ3v) is 5.14. The Kier molecular flexibility index (Phi) is 7.57. The van der Waals surface area contributed by atoms with Crippen molar-refractivity contribution in [2.24, 2.45) is 0 Å². The van der Waals surface area contributed by atoms with E-state index in [1.54, 1.807) is 91.0 Å². The molecule has 0 aliphatic rings. The van der Waals surface area contributed by atoms with Crippen LogP contribution in [0.1, 0.15) is 27.0 Å². The zero-order valence-electron chi connectivity index (χ0n) is 18.6. The van der Waals surface area contributed by atoms with Gasteiger partial charge < -0.3 is 19.3 Å². The van der Waals surface area contributed by atoms with E-state index in [0.717, 1.165) is 0 Å². The van der Waals surface area contributed by atoms with Crippen molar-refractivity contribution < 1.29 is 32.9 Å². The van der Waals surface area contributed by atoms with E-state index < -0.39 is 40.4 Å². The first-order valence-electron chi connectivity index (χ1n) is 10.8. The predicted octanol–water partition coefficient (Wildman–Crippen LogP) is 6.40. The SMILES string of the molecule is O=C(O)c1c(OCc2ccccc2)c(F)c(OCc2ccccc2)c(F)c1OCc1ccccc1. The van der Waals surface area contributed by atoms with Crippen molar-refractivity contribution in [2.45, 2.75) is 19.8 Å². The minimum Gasteiger partial charge on any atom is -0.485 e. The van der Waals surface area contributed by atoms with Crippen molar-refractivity contribution in [1.82, 2.24) is 0 Å². The summed E-state index contributed by atoms with van der Waals surface area (Å²) in [6, 6.07) is 26.4. The van der Waals surface area contributed by atoms with Gasteiger partial charge in [-0.15, -0.1) is 0 Å². The lowest BCUT2D eigenvalue weighted by atomic mass is 10.1. The molecule has 0 aliphatic carbocycles. The number of aromatic carboxylic acids is 1. The molecule has 0 aliphatic heterocycles. The summed E-state index contributed by atoms with van der Waals surface area (Å²) >= 11 is 0. The molecule has 5 nitrogen and oxygen atoms in total. The zero-order valence-corrected chi connectivity index (χ0v) is 18.6. The molecule has 0 spiro atoms. The monoisotopic (exact) mass is 476 g/mol. The van der Waals surface area contributed by atoms with Crippen LogP contribution >= 0.6 is 0 Å². The van der Waals surface area contributed by atoms with Gasteiger partial charge >= 0.3 is 5.97 Å². The summed E-state index contributed by atoms with van der Waals surface area (Å²) < 4.78 is 47.6. The number of carboxylic acids is 1.